The number of hydrazone groups is 1. The van der Waals surface area contributed by atoms with Crippen LogP contribution >= 0.6 is 0 Å². The monoisotopic (exact) mass is 703 g/mol. The molecule has 0 saturated carbocycles. The lowest BCUT2D eigenvalue weighted by Crippen LogP contribution is -2.48. The van der Waals surface area contributed by atoms with Gasteiger partial charge in [-0.15, -0.1) is 0 Å². The van der Waals surface area contributed by atoms with Crippen LogP contribution in [0, 0.1) is 10.1 Å². The van der Waals surface area contributed by atoms with Gasteiger partial charge in [-0.3, -0.25) is 24.0 Å². The minimum atomic E-state index is -0.976. The van der Waals surface area contributed by atoms with Crippen molar-refractivity contribution in [1.82, 2.24) is 20.9 Å². The predicted octanol–water partition coefficient (Wildman–Crippen LogP) is 1.21. The largest absolute Gasteiger partial charge is 0.468 e. The third-order valence-corrected chi connectivity index (χ3v) is 7.62. The van der Waals surface area contributed by atoms with Crippen molar-refractivity contribution < 1.29 is 38.5 Å². The molecule has 0 aliphatic heterocycles. The summed E-state index contributed by atoms with van der Waals surface area (Å²) in [6, 6.07) is 24.1. The molecule has 0 bridgehead atoms. The molecule has 1 atom stereocenters. The van der Waals surface area contributed by atoms with Crippen LogP contribution in [0.15, 0.2) is 90.0 Å². The predicted molar refractivity (Wildman–Crippen MR) is 185 cm³/mol. The van der Waals surface area contributed by atoms with Crippen molar-refractivity contribution in [1.29, 1.82) is 0 Å². The number of carbonyl (C=O) groups excluding carboxylic acids is 5. The van der Waals surface area contributed by atoms with Crippen LogP contribution in [0.5, 0.6) is 0 Å². The van der Waals surface area contributed by atoms with Crippen LogP contribution in [0.25, 0.3) is 0 Å². The van der Waals surface area contributed by atoms with E-state index in [9.17, 15) is 34.1 Å². The molecule has 16 heteroatoms. The van der Waals surface area contributed by atoms with Crippen LogP contribution in [-0.4, -0.2) is 85.4 Å². The normalized spacial score (nSPS) is 11.5. The maximum atomic E-state index is 13.8. The number of nitrogens with two attached hydrogens (primary N) is 1. The van der Waals surface area contributed by atoms with Crippen molar-refractivity contribution in [2.75, 3.05) is 33.9 Å². The number of nitrogens with zero attached hydrogens (tertiary/aromatic N) is 3. The van der Waals surface area contributed by atoms with Crippen LogP contribution in [0.1, 0.15) is 41.0 Å². The number of benzene rings is 3. The molecule has 0 unspecified atom stereocenters. The van der Waals surface area contributed by atoms with E-state index in [0.29, 0.717) is 17.5 Å². The molecule has 0 fully saturated rings. The maximum absolute atomic E-state index is 13.8. The SMILES string of the molecule is COC(=O)CN(CC(=O)OC)C(=O)Cc1ccc(CNC(=O)[C@@H](CCCNC(N)=N[N+](=O)[O-])NC(=O)C(c2ccccc2)c2ccccc2)cc1. The second kappa shape index (κ2) is 20.3. The van der Waals surface area contributed by atoms with E-state index in [-0.39, 0.29) is 31.9 Å². The number of ether oxygens (including phenoxy) is 2. The third kappa shape index (κ3) is 13.2. The second-order valence-corrected chi connectivity index (χ2v) is 11.2. The van der Waals surface area contributed by atoms with Gasteiger partial charge in [-0.2, -0.15) is 0 Å². The summed E-state index contributed by atoms with van der Waals surface area (Å²) in [4.78, 5) is 75.4. The zero-order chi connectivity index (χ0) is 37.2. The number of carbonyl (C=O) groups is 5. The molecular formula is C35H41N7O9. The van der Waals surface area contributed by atoms with E-state index in [1.165, 1.54) is 14.2 Å². The average Bonchev–Trinajstić information content (AvgIpc) is 3.12. The Hall–Kier alpha value is -6.32. The van der Waals surface area contributed by atoms with Gasteiger partial charge in [0, 0.05) is 13.1 Å². The fourth-order valence-corrected chi connectivity index (χ4v) is 5.00. The lowest BCUT2D eigenvalue weighted by molar-refractivity contribution is -0.485. The van der Waals surface area contributed by atoms with Gasteiger partial charge in [0.05, 0.1) is 26.6 Å². The van der Waals surface area contributed by atoms with Crippen molar-refractivity contribution in [2.24, 2.45) is 10.8 Å². The van der Waals surface area contributed by atoms with Gasteiger partial charge in [0.15, 0.2) is 5.03 Å². The van der Waals surface area contributed by atoms with Crippen molar-refractivity contribution in [3.8, 4) is 0 Å². The molecule has 5 N–H and O–H groups in total. The van der Waals surface area contributed by atoms with Gasteiger partial charge in [-0.05, 0) is 35.1 Å². The first kappa shape index (κ1) is 39.1. The summed E-state index contributed by atoms with van der Waals surface area (Å²) >= 11 is 0. The highest BCUT2D eigenvalue weighted by atomic mass is 16.7. The van der Waals surface area contributed by atoms with E-state index in [2.05, 4.69) is 30.5 Å². The van der Waals surface area contributed by atoms with Gasteiger partial charge >= 0.3 is 11.9 Å². The Morgan fingerprint density at radius 2 is 1.33 bits per heavy atom. The number of rotatable bonds is 18. The van der Waals surface area contributed by atoms with E-state index >= 15 is 0 Å². The number of nitro groups is 1. The van der Waals surface area contributed by atoms with Gasteiger partial charge < -0.3 is 36.1 Å². The lowest BCUT2D eigenvalue weighted by Gasteiger charge is -2.23. The first-order valence-corrected chi connectivity index (χ1v) is 15.9. The molecule has 270 valence electrons. The standard InChI is InChI=1S/C35H41N7O9/c1-50-30(44)22-41(23-31(45)51-2)29(43)20-24-15-17-25(18-16-24)21-38-33(46)28(14-9-19-37-35(36)40-42(48)49)39-34(47)32(26-10-5-3-6-11-26)27-12-7-4-8-13-27/h3-8,10-13,15-18,28,32H,9,14,19-23H2,1-2H3,(H,38,46)(H,39,47)(H3,36,37,40)/t28-/m1/s1. The summed E-state index contributed by atoms with van der Waals surface area (Å²) in [7, 11) is 2.35. The van der Waals surface area contributed by atoms with Gasteiger partial charge in [0.1, 0.15) is 24.2 Å². The summed E-state index contributed by atoms with van der Waals surface area (Å²) in [5.74, 6) is -3.80. The molecule has 0 aromatic heterocycles. The van der Waals surface area contributed by atoms with Crippen molar-refractivity contribution >= 4 is 35.6 Å². The zero-order valence-electron chi connectivity index (χ0n) is 28.3. The van der Waals surface area contributed by atoms with Crippen LogP contribution in [0.2, 0.25) is 0 Å². The van der Waals surface area contributed by atoms with E-state index < -0.39 is 59.7 Å². The smallest absolute Gasteiger partial charge is 0.325 e. The Morgan fingerprint density at radius 1 is 0.804 bits per heavy atom. The molecule has 0 spiro atoms. The summed E-state index contributed by atoms with van der Waals surface area (Å²) in [5, 5.41) is 21.0. The number of nitrogens with one attached hydrogen (secondary N) is 3. The Kier molecular flexibility index (Phi) is 15.5. The number of hydrogen-bond donors (Lipinski definition) is 4. The molecule has 3 amide bonds. The van der Waals surface area contributed by atoms with Crippen LogP contribution in [0.4, 0.5) is 0 Å². The second-order valence-electron chi connectivity index (χ2n) is 11.2. The van der Waals surface area contributed by atoms with Crippen LogP contribution < -0.4 is 21.7 Å². The number of methoxy groups -OCH3 is 2. The van der Waals surface area contributed by atoms with Crippen molar-refractivity contribution in [3.05, 3.63) is 117 Å². The number of esters is 2. The Bertz CT molecular complexity index is 1610. The Balaban J connectivity index is 1.71. The zero-order valence-corrected chi connectivity index (χ0v) is 28.3. The number of amides is 3. The van der Waals surface area contributed by atoms with Crippen LogP contribution in [0.3, 0.4) is 0 Å². The third-order valence-electron chi connectivity index (χ3n) is 7.62. The fraction of sp³-hybridized carbons (Fsp3) is 0.314. The molecule has 16 nitrogen and oxygen atoms in total. The van der Waals surface area contributed by atoms with E-state index in [1.54, 1.807) is 24.3 Å². The first-order chi connectivity index (χ1) is 24.5. The molecule has 0 aliphatic carbocycles. The number of guanidine groups is 1. The van der Waals surface area contributed by atoms with E-state index in [4.69, 9.17) is 5.73 Å². The van der Waals surface area contributed by atoms with Gasteiger partial charge in [0.2, 0.25) is 17.7 Å². The molecule has 51 heavy (non-hydrogen) atoms. The summed E-state index contributed by atoms with van der Waals surface area (Å²) in [6.07, 6.45) is 0.365. The van der Waals surface area contributed by atoms with E-state index in [1.807, 2.05) is 60.7 Å². The molecule has 3 aromatic rings. The van der Waals surface area contributed by atoms with Gasteiger partial charge in [-0.25, -0.2) is 10.1 Å². The molecule has 0 radical (unpaired) electrons. The molecule has 0 heterocycles. The van der Waals surface area contributed by atoms with Gasteiger partial charge in [0.25, 0.3) is 5.96 Å². The highest BCUT2D eigenvalue weighted by Gasteiger charge is 2.28. The summed E-state index contributed by atoms with van der Waals surface area (Å²) in [5.41, 5.74) is 8.28. The lowest BCUT2D eigenvalue weighted by atomic mass is 9.90. The topological polar surface area (TPSA) is 225 Å². The fourth-order valence-electron chi connectivity index (χ4n) is 5.00. The van der Waals surface area contributed by atoms with Crippen molar-refractivity contribution in [3.63, 3.8) is 0 Å². The van der Waals surface area contributed by atoms with Crippen LogP contribution in [-0.2, 0) is 46.4 Å². The highest BCUT2D eigenvalue weighted by molar-refractivity contribution is 5.92. The minimum Gasteiger partial charge on any atom is -0.468 e. The molecule has 3 rings (SSSR count). The maximum Gasteiger partial charge on any atom is 0.325 e. The van der Waals surface area contributed by atoms with Crippen molar-refractivity contribution in [2.45, 2.75) is 37.8 Å². The number of hydrogen-bond acceptors (Lipinski definition) is 9. The first-order valence-electron chi connectivity index (χ1n) is 15.9. The Morgan fingerprint density at radius 3 is 1.84 bits per heavy atom. The molecular weight excluding hydrogens is 662 g/mol. The quantitative estimate of drug-likeness (QED) is 0.0368. The van der Waals surface area contributed by atoms with Gasteiger partial charge in [-0.1, -0.05) is 84.9 Å². The summed E-state index contributed by atoms with van der Waals surface area (Å²) in [6.45, 7) is -0.586. The average molecular weight is 704 g/mol. The highest BCUT2D eigenvalue weighted by Crippen LogP contribution is 2.25. The Labute approximate surface area is 294 Å². The van der Waals surface area contributed by atoms with E-state index in [0.717, 1.165) is 16.0 Å². The minimum absolute atomic E-state index is 0.0950. The molecule has 3 aromatic carbocycles. The molecule has 0 saturated heterocycles. The summed E-state index contributed by atoms with van der Waals surface area (Å²) < 4.78 is 9.24. The molecule has 0 aliphatic rings.